The number of aliphatic carboxylic acids is 4. The van der Waals surface area contributed by atoms with E-state index in [-0.39, 0.29) is 18.0 Å². The SMILES string of the molecule is COc1ccc(OC(=O)CN2CCN(Cc3cc(OC)c(OC)c(OC)c3)CC2)cc1.O.O=C(O)C=CC(=O)O.O=C(O)C=CC(=O)O. The van der Waals surface area contributed by atoms with E-state index >= 15 is 0 Å². The highest BCUT2D eigenvalue weighted by atomic mass is 16.5. The van der Waals surface area contributed by atoms with Crippen LogP contribution in [-0.4, -0.2) is 127 Å². The number of methoxy groups -OCH3 is 4. The van der Waals surface area contributed by atoms with Crippen molar-refractivity contribution in [3.05, 3.63) is 66.3 Å². The van der Waals surface area contributed by atoms with Crippen LogP contribution in [0.1, 0.15) is 5.56 Å². The fourth-order valence-electron chi connectivity index (χ4n) is 3.87. The molecule has 0 spiro atoms. The van der Waals surface area contributed by atoms with Crippen LogP contribution in [-0.2, 0) is 30.5 Å². The van der Waals surface area contributed by atoms with E-state index in [9.17, 15) is 24.0 Å². The first-order chi connectivity index (χ1) is 22.3. The van der Waals surface area contributed by atoms with Crippen LogP contribution in [0.2, 0.25) is 0 Å². The number of carbonyl (C=O) groups is 5. The lowest BCUT2D eigenvalue weighted by Gasteiger charge is -2.34. The molecular formula is C31H40N2O15. The van der Waals surface area contributed by atoms with Crippen molar-refractivity contribution in [1.82, 2.24) is 9.80 Å². The lowest BCUT2D eigenvalue weighted by Crippen LogP contribution is -2.48. The Kier molecular flexibility index (Phi) is 20.1. The fraction of sp³-hybridized carbons (Fsp3) is 0.323. The predicted molar refractivity (Wildman–Crippen MR) is 169 cm³/mol. The number of hydrogen-bond donors (Lipinski definition) is 4. The molecule has 48 heavy (non-hydrogen) atoms. The largest absolute Gasteiger partial charge is 0.497 e. The molecule has 0 aliphatic carbocycles. The van der Waals surface area contributed by atoms with Gasteiger partial charge in [-0.25, -0.2) is 19.2 Å². The van der Waals surface area contributed by atoms with Gasteiger partial charge in [0.05, 0.1) is 35.0 Å². The molecule has 0 atom stereocenters. The van der Waals surface area contributed by atoms with E-state index in [0.29, 0.717) is 47.3 Å². The Morgan fingerprint density at radius 2 is 1.02 bits per heavy atom. The van der Waals surface area contributed by atoms with Gasteiger partial charge in [0, 0.05) is 57.0 Å². The molecule has 3 rings (SSSR count). The van der Waals surface area contributed by atoms with Crippen molar-refractivity contribution in [2.24, 2.45) is 0 Å². The number of piperazine rings is 1. The molecule has 1 fully saturated rings. The molecule has 1 aliphatic heterocycles. The van der Waals surface area contributed by atoms with Gasteiger partial charge in [-0.1, -0.05) is 0 Å². The predicted octanol–water partition coefficient (Wildman–Crippen LogP) is 1.04. The number of nitrogens with zero attached hydrogens (tertiary/aromatic N) is 2. The van der Waals surface area contributed by atoms with Crippen molar-refractivity contribution in [2.45, 2.75) is 6.54 Å². The van der Waals surface area contributed by atoms with E-state index in [1.165, 1.54) is 0 Å². The highest BCUT2D eigenvalue weighted by molar-refractivity contribution is 5.90. The first-order valence-corrected chi connectivity index (χ1v) is 13.7. The van der Waals surface area contributed by atoms with E-state index < -0.39 is 23.9 Å². The third-order valence-corrected chi connectivity index (χ3v) is 5.98. The molecule has 17 nitrogen and oxygen atoms in total. The molecule has 1 aliphatic rings. The van der Waals surface area contributed by atoms with Crippen molar-refractivity contribution in [3.8, 4) is 28.7 Å². The standard InChI is InChI=1S/C23H30N2O6.2C4H4O4.H2O/c1-27-18-5-7-19(8-6-18)31-22(26)16-25-11-9-24(10-12-25)15-17-13-20(28-2)23(30-4)21(14-17)29-3;2*5-3(6)1-2-4(7)8;/h5-8,13-14H,9-12,15-16H2,1-4H3;2*1-2H,(H,5,6)(H,7,8);1H2. The van der Waals surface area contributed by atoms with Crippen LogP contribution in [0.25, 0.3) is 0 Å². The zero-order valence-corrected chi connectivity index (χ0v) is 26.8. The lowest BCUT2D eigenvalue weighted by atomic mass is 10.1. The second-order valence-electron chi connectivity index (χ2n) is 9.26. The molecule has 1 heterocycles. The Bertz CT molecular complexity index is 1310. The van der Waals surface area contributed by atoms with Crippen LogP contribution in [0, 0.1) is 0 Å². The summed E-state index contributed by atoms with van der Waals surface area (Å²) < 4.78 is 26.8. The fourth-order valence-corrected chi connectivity index (χ4v) is 3.87. The Balaban J connectivity index is 0.00000108. The molecule has 17 heteroatoms. The van der Waals surface area contributed by atoms with Crippen molar-refractivity contribution in [3.63, 3.8) is 0 Å². The summed E-state index contributed by atoms with van der Waals surface area (Å²) in [7, 11) is 6.43. The second kappa shape index (κ2) is 22.8. The third-order valence-electron chi connectivity index (χ3n) is 5.98. The van der Waals surface area contributed by atoms with Crippen molar-refractivity contribution in [2.75, 3.05) is 61.2 Å². The first-order valence-electron chi connectivity index (χ1n) is 13.7. The minimum absolute atomic E-state index is 0. The van der Waals surface area contributed by atoms with Crippen LogP contribution in [0.3, 0.4) is 0 Å². The highest BCUT2D eigenvalue weighted by Gasteiger charge is 2.21. The quantitative estimate of drug-likeness (QED) is 0.131. The van der Waals surface area contributed by atoms with Gasteiger partial charge in [0.15, 0.2) is 11.5 Å². The lowest BCUT2D eigenvalue weighted by molar-refractivity contribution is -0.136. The van der Waals surface area contributed by atoms with Gasteiger partial charge in [-0.15, -0.1) is 0 Å². The number of ether oxygens (including phenoxy) is 5. The number of carboxylic acids is 4. The molecule has 0 aromatic heterocycles. The maximum Gasteiger partial charge on any atom is 0.328 e. The van der Waals surface area contributed by atoms with Gasteiger partial charge in [0.2, 0.25) is 5.75 Å². The van der Waals surface area contributed by atoms with Crippen LogP contribution < -0.4 is 23.7 Å². The summed E-state index contributed by atoms with van der Waals surface area (Å²) in [6, 6.07) is 10.9. The molecule has 6 N–H and O–H groups in total. The number of esters is 1. The zero-order chi connectivity index (χ0) is 35.4. The number of rotatable bonds is 13. The van der Waals surface area contributed by atoms with E-state index in [4.69, 9.17) is 44.1 Å². The summed E-state index contributed by atoms with van der Waals surface area (Å²) in [5, 5.41) is 31.2. The smallest absolute Gasteiger partial charge is 0.328 e. The summed E-state index contributed by atoms with van der Waals surface area (Å²) in [6.07, 6.45) is 2.23. The van der Waals surface area contributed by atoms with Gasteiger partial charge in [0.25, 0.3) is 0 Å². The third kappa shape index (κ3) is 17.2. The molecule has 0 radical (unpaired) electrons. The molecule has 264 valence electrons. The molecule has 0 bridgehead atoms. The van der Waals surface area contributed by atoms with Crippen LogP contribution in [0.4, 0.5) is 0 Å². The number of hydrogen-bond acceptors (Lipinski definition) is 12. The second-order valence-corrected chi connectivity index (χ2v) is 9.26. The molecule has 0 amide bonds. The van der Waals surface area contributed by atoms with Crippen molar-refractivity contribution in [1.29, 1.82) is 0 Å². The number of benzene rings is 2. The first kappa shape index (κ1) is 42.3. The summed E-state index contributed by atoms with van der Waals surface area (Å²) >= 11 is 0. The molecule has 1 saturated heterocycles. The molecule has 0 unspecified atom stereocenters. The molecule has 0 saturated carbocycles. The maximum absolute atomic E-state index is 12.3. The van der Waals surface area contributed by atoms with Gasteiger partial charge in [-0.05, 0) is 42.0 Å². The van der Waals surface area contributed by atoms with Crippen LogP contribution in [0.15, 0.2) is 60.7 Å². The average molecular weight is 681 g/mol. The normalized spacial score (nSPS) is 12.7. The number of carboxylic acid groups (broad SMARTS) is 4. The Morgan fingerprint density at radius 3 is 1.38 bits per heavy atom. The van der Waals surface area contributed by atoms with Gasteiger partial charge in [-0.2, -0.15) is 0 Å². The highest BCUT2D eigenvalue weighted by Crippen LogP contribution is 2.38. The van der Waals surface area contributed by atoms with Crippen molar-refractivity contribution < 1.29 is 73.6 Å². The van der Waals surface area contributed by atoms with E-state index in [1.54, 1.807) is 52.7 Å². The van der Waals surface area contributed by atoms with E-state index in [0.717, 1.165) is 44.0 Å². The summed E-state index contributed by atoms with van der Waals surface area (Å²) in [4.78, 5) is 54.9. The summed E-state index contributed by atoms with van der Waals surface area (Å²) in [5.74, 6) is -2.15. The Morgan fingerprint density at radius 1 is 0.625 bits per heavy atom. The van der Waals surface area contributed by atoms with Gasteiger partial charge < -0.3 is 49.6 Å². The molecule has 2 aromatic carbocycles. The van der Waals surface area contributed by atoms with Gasteiger partial charge >= 0.3 is 29.8 Å². The molecule has 2 aromatic rings. The summed E-state index contributed by atoms with van der Waals surface area (Å²) in [6.45, 7) is 4.33. The Labute approximate surface area is 276 Å². The van der Waals surface area contributed by atoms with E-state index in [1.807, 2.05) is 12.1 Å². The zero-order valence-electron chi connectivity index (χ0n) is 26.8. The molecular weight excluding hydrogens is 640 g/mol. The van der Waals surface area contributed by atoms with Gasteiger partial charge in [-0.3, -0.25) is 14.6 Å². The topological polar surface area (TPSA) is 250 Å². The van der Waals surface area contributed by atoms with Crippen LogP contribution >= 0.6 is 0 Å². The number of carbonyl (C=O) groups excluding carboxylic acids is 1. The minimum Gasteiger partial charge on any atom is -0.497 e. The monoisotopic (exact) mass is 680 g/mol. The van der Waals surface area contributed by atoms with E-state index in [2.05, 4.69) is 9.80 Å². The van der Waals surface area contributed by atoms with Crippen LogP contribution in [0.5, 0.6) is 28.7 Å². The average Bonchev–Trinajstić information content (AvgIpc) is 3.04. The minimum atomic E-state index is -1.26. The summed E-state index contributed by atoms with van der Waals surface area (Å²) in [5.41, 5.74) is 1.09. The van der Waals surface area contributed by atoms with Crippen molar-refractivity contribution >= 4 is 29.8 Å². The Hall–Kier alpha value is -5.65. The van der Waals surface area contributed by atoms with Gasteiger partial charge in [0.1, 0.15) is 11.5 Å². The maximum atomic E-state index is 12.3.